The largest absolute Gasteiger partial charge is 0.497 e. The molecule has 0 radical (unpaired) electrons. The zero-order chi connectivity index (χ0) is 22.3. The quantitative estimate of drug-likeness (QED) is 0.562. The molecule has 0 atom stereocenters. The molecule has 1 N–H and O–H groups in total. The van der Waals surface area contributed by atoms with E-state index < -0.39 is 23.4 Å². The molecule has 0 bridgehead atoms. The summed E-state index contributed by atoms with van der Waals surface area (Å²) in [4.78, 5) is 3.94. The van der Waals surface area contributed by atoms with E-state index in [1.54, 1.807) is 35.2 Å². The topological polar surface area (TPSA) is 71.1 Å². The van der Waals surface area contributed by atoms with Crippen LogP contribution in [0, 0.1) is 0 Å². The molecule has 0 unspecified atom stereocenters. The number of benzene rings is 2. The van der Waals surface area contributed by atoms with Gasteiger partial charge in [-0.1, -0.05) is 0 Å². The number of hydrogen-bond acceptors (Lipinski definition) is 6. The minimum atomic E-state index is -3.76. The van der Waals surface area contributed by atoms with Crippen LogP contribution >= 0.6 is 0 Å². The zero-order valence-electron chi connectivity index (χ0n) is 17.4. The summed E-state index contributed by atoms with van der Waals surface area (Å²) in [6.45, 7) is 1.57. The molecule has 1 heterocycles. The summed E-state index contributed by atoms with van der Waals surface area (Å²) in [5, 5.41) is 0. The molecule has 0 aromatic heterocycles. The van der Waals surface area contributed by atoms with Crippen LogP contribution in [0.5, 0.6) is 11.5 Å². The summed E-state index contributed by atoms with van der Waals surface area (Å²) in [6.07, 6.45) is 0. The van der Waals surface area contributed by atoms with Crippen molar-refractivity contribution < 1.29 is 26.7 Å². The lowest BCUT2D eigenvalue weighted by molar-refractivity contribution is 0.228. The van der Waals surface area contributed by atoms with E-state index in [4.69, 9.17) is 9.47 Å². The Morgan fingerprint density at radius 3 is 2.45 bits per heavy atom. The molecule has 0 saturated heterocycles. The Labute approximate surface area is 181 Å². The highest BCUT2D eigenvalue weighted by atomic mass is 32.2. The van der Waals surface area contributed by atoms with E-state index in [2.05, 4.69) is 9.62 Å². The van der Waals surface area contributed by atoms with Crippen LogP contribution in [0.25, 0.3) is 0 Å². The Kier molecular flexibility index (Phi) is 7.91. The van der Waals surface area contributed by atoms with Crippen LogP contribution in [0.1, 0.15) is 0 Å². The number of sulfonamides is 1. The predicted molar refractivity (Wildman–Crippen MR) is 116 cm³/mol. The number of methoxy groups -OCH3 is 1. The molecule has 0 aliphatic carbocycles. The average Bonchev–Trinajstić information content (AvgIpc) is 2.77. The summed E-state index contributed by atoms with van der Waals surface area (Å²) in [5.74, 6) is 1.13. The lowest BCUT2D eigenvalue weighted by atomic mass is 10.2. The molecule has 0 fully saturated rings. The zero-order valence-corrected chi connectivity index (χ0v) is 18.2. The van der Waals surface area contributed by atoms with Gasteiger partial charge < -0.3 is 14.4 Å². The van der Waals surface area contributed by atoms with Crippen LogP contribution in [-0.4, -0.2) is 73.1 Å². The van der Waals surface area contributed by atoms with Crippen molar-refractivity contribution >= 4 is 21.4 Å². The van der Waals surface area contributed by atoms with E-state index in [9.17, 15) is 17.2 Å². The molecule has 0 spiro atoms. The minimum absolute atomic E-state index is 0.120. The number of halogens is 2. The molecule has 31 heavy (non-hydrogen) atoms. The molecule has 1 aliphatic rings. The summed E-state index contributed by atoms with van der Waals surface area (Å²) in [6, 6.07) is 11.2. The first-order valence-corrected chi connectivity index (χ1v) is 11.5. The first kappa shape index (κ1) is 23.1. The number of alkyl halides is 2. The highest BCUT2D eigenvalue weighted by molar-refractivity contribution is 7.92. The van der Waals surface area contributed by atoms with Crippen molar-refractivity contribution in [1.82, 2.24) is 4.90 Å². The molecule has 1 aliphatic heterocycles. The second-order valence-corrected chi connectivity index (χ2v) is 8.70. The molecule has 10 heteroatoms. The standard InChI is InChI=1S/C21H27F2N3O4S/c1-29-18-3-5-19(6-4-18)31(27,28)24-17-2-7-20-21(16-17)30-15-14-26(20)13-12-25(10-8-22)11-9-23/h2-7,16,24H,8-15H2,1H3. The second-order valence-electron chi connectivity index (χ2n) is 7.02. The number of ether oxygens (including phenoxy) is 2. The fourth-order valence-corrected chi connectivity index (χ4v) is 4.43. The van der Waals surface area contributed by atoms with Gasteiger partial charge in [-0.3, -0.25) is 9.62 Å². The van der Waals surface area contributed by atoms with Crippen molar-refractivity contribution in [3.05, 3.63) is 42.5 Å². The average molecular weight is 456 g/mol. The third kappa shape index (κ3) is 5.98. The molecule has 7 nitrogen and oxygen atoms in total. The van der Waals surface area contributed by atoms with Crippen LogP contribution in [0.15, 0.2) is 47.4 Å². The number of nitrogens with one attached hydrogen (secondary N) is 1. The summed E-state index contributed by atoms with van der Waals surface area (Å²) >= 11 is 0. The van der Waals surface area contributed by atoms with E-state index in [0.29, 0.717) is 43.4 Å². The van der Waals surface area contributed by atoms with Crippen LogP contribution < -0.4 is 19.1 Å². The van der Waals surface area contributed by atoms with Crippen molar-refractivity contribution in [2.24, 2.45) is 0 Å². The third-order valence-corrected chi connectivity index (χ3v) is 6.43. The highest BCUT2D eigenvalue weighted by Gasteiger charge is 2.21. The lowest BCUT2D eigenvalue weighted by Crippen LogP contribution is -2.40. The Bertz CT molecular complexity index is 952. The van der Waals surface area contributed by atoms with E-state index in [1.807, 2.05) is 0 Å². The number of anilines is 2. The molecular weight excluding hydrogens is 428 g/mol. The molecule has 0 saturated carbocycles. The lowest BCUT2D eigenvalue weighted by Gasteiger charge is -2.33. The maximum atomic E-state index is 12.7. The van der Waals surface area contributed by atoms with Crippen LogP contribution in [0.4, 0.5) is 20.2 Å². The highest BCUT2D eigenvalue weighted by Crippen LogP contribution is 2.34. The smallest absolute Gasteiger partial charge is 0.261 e. The van der Waals surface area contributed by atoms with Crippen molar-refractivity contribution in [2.45, 2.75) is 4.90 Å². The molecule has 2 aromatic rings. The molecule has 2 aromatic carbocycles. The van der Waals surface area contributed by atoms with Gasteiger partial charge in [-0.25, -0.2) is 17.2 Å². The first-order valence-electron chi connectivity index (χ1n) is 10.00. The molecular formula is C21H27F2N3O4S. The molecule has 3 rings (SSSR count). The molecule has 170 valence electrons. The predicted octanol–water partition coefficient (Wildman–Crippen LogP) is 2.94. The van der Waals surface area contributed by atoms with Crippen molar-refractivity contribution in [3.63, 3.8) is 0 Å². The van der Waals surface area contributed by atoms with Gasteiger partial charge in [0.2, 0.25) is 0 Å². The van der Waals surface area contributed by atoms with Gasteiger partial charge in [-0.15, -0.1) is 0 Å². The summed E-state index contributed by atoms with van der Waals surface area (Å²) in [5.41, 5.74) is 1.20. The SMILES string of the molecule is COc1ccc(S(=O)(=O)Nc2ccc3c(c2)OCCN3CCN(CCF)CCF)cc1. The summed E-state index contributed by atoms with van der Waals surface area (Å²) < 4.78 is 64.0. The van der Waals surface area contributed by atoms with Crippen LogP contribution in [0.2, 0.25) is 0 Å². The molecule has 0 amide bonds. The van der Waals surface area contributed by atoms with E-state index in [0.717, 1.165) is 5.69 Å². The second kappa shape index (κ2) is 10.6. The van der Waals surface area contributed by atoms with Gasteiger partial charge in [-0.05, 0) is 36.4 Å². The van der Waals surface area contributed by atoms with Gasteiger partial charge in [0.25, 0.3) is 10.0 Å². The minimum Gasteiger partial charge on any atom is -0.497 e. The fourth-order valence-electron chi connectivity index (χ4n) is 3.38. The van der Waals surface area contributed by atoms with Crippen molar-refractivity contribution in [2.75, 3.05) is 69.4 Å². The number of fused-ring (bicyclic) bond motifs is 1. The van der Waals surface area contributed by atoms with Gasteiger partial charge in [0.05, 0.1) is 29.9 Å². The van der Waals surface area contributed by atoms with Crippen LogP contribution in [0.3, 0.4) is 0 Å². The van der Waals surface area contributed by atoms with Gasteiger partial charge in [0, 0.05) is 32.2 Å². The Morgan fingerprint density at radius 1 is 1.10 bits per heavy atom. The van der Waals surface area contributed by atoms with Gasteiger partial charge >= 0.3 is 0 Å². The number of rotatable bonds is 11. The van der Waals surface area contributed by atoms with Gasteiger partial charge in [0.1, 0.15) is 31.5 Å². The van der Waals surface area contributed by atoms with Crippen molar-refractivity contribution in [1.29, 1.82) is 0 Å². The van der Waals surface area contributed by atoms with Crippen molar-refractivity contribution in [3.8, 4) is 11.5 Å². The maximum Gasteiger partial charge on any atom is 0.261 e. The Balaban J connectivity index is 1.70. The monoisotopic (exact) mass is 455 g/mol. The summed E-state index contributed by atoms with van der Waals surface area (Å²) in [7, 11) is -2.25. The maximum absolute atomic E-state index is 12.7. The van der Waals surface area contributed by atoms with E-state index in [-0.39, 0.29) is 18.0 Å². The normalized spacial score (nSPS) is 13.6. The number of nitrogens with zero attached hydrogens (tertiary/aromatic N) is 2. The fraction of sp³-hybridized carbons (Fsp3) is 0.429. The first-order chi connectivity index (χ1) is 15.0. The third-order valence-electron chi connectivity index (χ3n) is 5.03. The number of hydrogen-bond donors (Lipinski definition) is 1. The Hall–Kier alpha value is -2.59. The van der Waals surface area contributed by atoms with Gasteiger partial charge in [0.15, 0.2) is 0 Å². The van der Waals surface area contributed by atoms with E-state index >= 15 is 0 Å². The van der Waals surface area contributed by atoms with E-state index in [1.165, 1.54) is 19.2 Å². The van der Waals surface area contributed by atoms with Crippen LogP contribution in [-0.2, 0) is 10.0 Å². The Morgan fingerprint density at radius 2 is 1.81 bits per heavy atom. The van der Waals surface area contributed by atoms with Gasteiger partial charge in [-0.2, -0.15) is 0 Å².